The lowest BCUT2D eigenvalue weighted by atomic mass is 10.0. The molecule has 0 spiro atoms. The highest BCUT2D eigenvalue weighted by Crippen LogP contribution is 2.35. The zero-order valence-corrected chi connectivity index (χ0v) is 31.4. The molecule has 14 nitrogen and oxygen atoms in total. The van der Waals surface area contributed by atoms with Gasteiger partial charge in [-0.15, -0.1) is 0 Å². The summed E-state index contributed by atoms with van der Waals surface area (Å²) in [6.07, 6.45) is 6.98. The molecule has 4 amide bonds. The molecule has 7 rings (SSSR count). The van der Waals surface area contributed by atoms with E-state index in [0.717, 1.165) is 66.9 Å². The van der Waals surface area contributed by atoms with E-state index in [2.05, 4.69) is 54.8 Å². The van der Waals surface area contributed by atoms with Crippen LogP contribution in [0, 0.1) is 0 Å². The van der Waals surface area contributed by atoms with Gasteiger partial charge in [0, 0.05) is 25.0 Å². The first-order valence-electron chi connectivity index (χ1n) is 18.9. The minimum Gasteiger partial charge on any atom is -0.453 e. The number of ether oxygens (including phenoxy) is 2. The first kappa shape index (κ1) is 37.9. The Balaban J connectivity index is 0.972. The number of hydrogen-bond acceptors (Lipinski definition) is 8. The van der Waals surface area contributed by atoms with Crippen LogP contribution in [0.4, 0.5) is 9.59 Å². The van der Waals surface area contributed by atoms with Crippen LogP contribution < -0.4 is 10.6 Å². The molecule has 4 atom stereocenters. The number of rotatable bonds is 12. The second-order valence-electron chi connectivity index (χ2n) is 14.0. The Bertz CT molecular complexity index is 2120. The van der Waals surface area contributed by atoms with Gasteiger partial charge in [-0.2, -0.15) is 0 Å². The summed E-state index contributed by atoms with van der Waals surface area (Å²) >= 11 is 0. The quantitative estimate of drug-likeness (QED) is 0.118. The average Bonchev–Trinajstić information content (AvgIpc) is 4.08. The van der Waals surface area contributed by atoms with Gasteiger partial charge in [-0.05, 0) is 60.8 Å². The third-order valence-electron chi connectivity index (χ3n) is 10.5. The number of aromatic amines is 2. The number of imidazole rings is 2. The smallest absolute Gasteiger partial charge is 0.407 e. The number of nitrogens with zero attached hydrogens (tertiary/aromatic N) is 4. The predicted octanol–water partition coefficient (Wildman–Crippen LogP) is 6.11. The third-order valence-corrected chi connectivity index (χ3v) is 10.5. The molecule has 2 aliphatic heterocycles. The Labute approximate surface area is 325 Å². The summed E-state index contributed by atoms with van der Waals surface area (Å²) in [4.78, 5) is 71.9. The standard InChI is InChI=1S/C42H46N8O6/c1-55-41(53)47-35(29-11-5-3-6-12-29)39(51)49-23-9-15-33(49)37-43-25-31(45-37)22-19-27-17-20-28(21-18-27)32-26-44-38(46-32)34-16-10-24-50(34)40(52)36(48-42(54)56-2)30-13-7-4-8-14-30/h3-8,11-14,17-18,20-21,25-26,33-36H,9-10,15-16,19,22-24H2,1-2H3,(H,43,45)(H,44,46)(H,47,53)(H,48,54)/t33-,34-,35+,36+/m0/s1. The van der Waals surface area contributed by atoms with Crippen LogP contribution in [0.15, 0.2) is 97.3 Å². The molecule has 0 aliphatic carbocycles. The van der Waals surface area contributed by atoms with Gasteiger partial charge in [-0.1, -0.05) is 84.9 Å². The largest absolute Gasteiger partial charge is 0.453 e. The molecule has 4 heterocycles. The first-order valence-corrected chi connectivity index (χ1v) is 18.9. The molecule has 2 fully saturated rings. The van der Waals surface area contributed by atoms with Crippen LogP contribution in [-0.4, -0.2) is 81.0 Å². The molecule has 4 N–H and O–H groups in total. The summed E-state index contributed by atoms with van der Waals surface area (Å²) in [6.45, 7) is 1.12. The molecule has 0 radical (unpaired) electrons. The number of carbonyl (C=O) groups is 4. The van der Waals surface area contributed by atoms with Gasteiger partial charge in [0.1, 0.15) is 23.7 Å². The van der Waals surface area contributed by atoms with Crippen molar-refractivity contribution in [3.63, 3.8) is 0 Å². The molecule has 290 valence electrons. The van der Waals surface area contributed by atoms with Crippen molar-refractivity contribution in [2.75, 3.05) is 27.3 Å². The molecule has 0 unspecified atom stereocenters. The van der Waals surface area contributed by atoms with Gasteiger partial charge in [-0.3, -0.25) is 9.59 Å². The molecule has 0 bridgehead atoms. The number of aromatic nitrogens is 4. The van der Waals surface area contributed by atoms with Crippen molar-refractivity contribution in [1.29, 1.82) is 0 Å². The fraction of sp³-hybridized carbons (Fsp3) is 0.333. The van der Waals surface area contributed by atoms with Gasteiger partial charge in [0.25, 0.3) is 11.8 Å². The number of aryl methyl sites for hydroxylation is 2. The zero-order chi connectivity index (χ0) is 39.0. The molecule has 14 heteroatoms. The summed E-state index contributed by atoms with van der Waals surface area (Å²) in [7, 11) is 2.56. The number of likely N-dealkylation sites (tertiary alicyclic amines) is 2. The second-order valence-corrected chi connectivity index (χ2v) is 14.0. The lowest BCUT2D eigenvalue weighted by molar-refractivity contribution is -0.135. The van der Waals surface area contributed by atoms with Crippen molar-refractivity contribution in [3.05, 3.63) is 131 Å². The average molecular weight is 759 g/mol. The maximum Gasteiger partial charge on any atom is 0.407 e. The number of hydrogen-bond donors (Lipinski definition) is 4. The minimum absolute atomic E-state index is 0.203. The fourth-order valence-electron chi connectivity index (χ4n) is 7.64. The van der Waals surface area contributed by atoms with Crippen LogP contribution in [0.5, 0.6) is 0 Å². The Kier molecular flexibility index (Phi) is 11.7. The van der Waals surface area contributed by atoms with Crippen molar-refractivity contribution in [2.24, 2.45) is 0 Å². The third kappa shape index (κ3) is 8.43. The van der Waals surface area contributed by atoms with E-state index >= 15 is 0 Å². The van der Waals surface area contributed by atoms with Gasteiger partial charge in [0.15, 0.2) is 0 Å². The number of carbonyl (C=O) groups excluding carboxylic acids is 4. The second kappa shape index (κ2) is 17.4. The van der Waals surface area contributed by atoms with Crippen LogP contribution in [0.2, 0.25) is 0 Å². The monoisotopic (exact) mass is 758 g/mol. The van der Waals surface area contributed by atoms with E-state index in [1.165, 1.54) is 14.2 Å². The summed E-state index contributed by atoms with van der Waals surface area (Å²) in [6, 6.07) is 24.4. The van der Waals surface area contributed by atoms with E-state index in [1.54, 1.807) is 16.0 Å². The van der Waals surface area contributed by atoms with Gasteiger partial charge in [-0.25, -0.2) is 19.6 Å². The Hall–Kier alpha value is -6.44. The number of methoxy groups -OCH3 is 2. The van der Waals surface area contributed by atoms with Crippen LogP contribution in [-0.2, 0) is 31.9 Å². The van der Waals surface area contributed by atoms with E-state index in [4.69, 9.17) is 9.47 Å². The highest BCUT2D eigenvalue weighted by molar-refractivity contribution is 5.88. The summed E-state index contributed by atoms with van der Waals surface area (Å²) in [5, 5.41) is 5.41. The van der Waals surface area contributed by atoms with E-state index in [-0.39, 0.29) is 23.9 Å². The topological polar surface area (TPSA) is 175 Å². The lowest BCUT2D eigenvalue weighted by Crippen LogP contribution is -2.42. The lowest BCUT2D eigenvalue weighted by Gasteiger charge is -2.28. The Morgan fingerprint density at radius 2 is 1.18 bits per heavy atom. The SMILES string of the molecule is COC(=O)N[C@@H](C(=O)N1CCC[C@H]1c1ncc(CCc2ccc(-c3cnc([C@@H]4CCCN4C(=O)[C@H](NC(=O)OC)c4ccccc4)[nH]3)cc2)[nH]1)c1ccccc1. The summed E-state index contributed by atoms with van der Waals surface area (Å²) in [5.74, 6) is 1.02. The molecule has 2 aromatic heterocycles. The van der Waals surface area contributed by atoms with Gasteiger partial charge >= 0.3 is 12.2 Å². The summed E-state index contributed by atoms with van der Waals surface area (Å²) in [5.41, 5.74) is 5.31. The van der Waals surface area contributed by atoms with Gasteiger partial charge < -0.3 is 39.9 Å². The Morgan fingerprint density at radius 1 is 0.679 bits per heavy atom. The molecule has 0 saturated carbocycles. The highest BCUT2D eigenvalue weighted by Gasteiger charge is 2.38. The van der Waals surface area contributed by atoms with Crippen molar-refractivity contribution in [2.45, 2.75) is 62.7 Å². The van der Waals surface area contributed by atoms with Crippen LogP contribution in [0.25, 0.3) is 11.3 Å². The number of H-pyrrole nitrogens is 2. The van der Waals surface area contributed by atoms with Crippen LogP contribution >= 0.6 is 0 Å². The van der Waals surface area contributed by atoms with E-state index < -0.39 is 24.3 Å². The van der Waals surface area contributed by atoms with Crippen LogP contribution in [0.3, 0.4) is 0 Å². The van der Waals surface area contributed by atoms with Crippen LogP contribution in [0.1, 0.15) is 83.9 Å². The maximum absolute atomic E-state index is 13.9. The first-order chi connectivity index (χ1) is 27.3. The number of nitrogens with one attached hydrogen (secondary N) is 4. The van der Waals surface area contributed by atoms with Crippen molar-refractivity contribution in [1.82, 2.24) is 40.4 Å². The van der Waals surface area contributed by atoms with Crippen molar-refractivity contribution >= 4 is 24.0 Å². The fourth-order valence-corrected chi connectivity index (χ4v) is 7.64. The number of amides is 4. The molecule has 2 aliphatic rings. The molecular formula is C42H46N8O6. The minimum atomic E-state index is -0.879. The maximum atomic E-state index is 13.9. The van der Waals surface area contributed by atoms with Crippen molar-refractivity contribution < 1.29 is 28.7 Å². The molecule has 5 aromatic rings. The van der Waals surface area contributed by atoms with Gasteiger partial charge in [0.2, 0.25) is 0 Å². The summed E-state index contributed by atoms with van der Waals surface area (Å²) < 4.78 is 9.63. The molecule has 3 aromatic carbocycles. The molecule has 56 heavy (non-hydrogen) atoms. The van der Waals surface area contributed by atoms with Gasteiger partial charge in [0.05, 0.1) is 38.2 Å². The predicted molar refractivity (Wildman–Crippen MR) is 207 cm³/mol. The zero-order valence-electron chi connectivity index (χ0n) is 31.4. The Morgan fingerprint density at radius 3 is 1.70 bits per heavy atom. The van der Waals surface area contributed by atoms with E-state index in [1.807, 2.05) is 66.9 Å². The molecule has 2 saturated heterocycles. The van der Waals surface area contributed by atoms with Crippen molar-refractivity contribution in [3.8, 4) is 11.3 Å². The molecular weight excluding hydrogens is 713 g/mol. The number of benzene rings is 3. The highest BCUT2D eigenvalue weighted by atomic mass is 16.5. The number of alkyl carbamates (subject to hydrolysis) is 2. The van der Waals surface area contributed by atoms with E-state index in [9.17, 15) is 19.2 Å². The van der Waals surface area contributed by atoms with E-state index in [0.29, 0.717) is 30.0 Å². The normalized spacial score (nSPS) is 17.6.